The van der Waals surface area contributed by atoms with Crippen LogP contribution >= 0.6 is 31.9 Å². The van der Waals surface area contributed by atoms with Gasteiger partial charge in [0.25, 0.3) is 0 Å². The summed E-state index contributed by atoms with van der Waals surface area (Å²) in [5, 5.41) is 0. The number of nitrogens with two attached hydrogens (primary N) is 1. The van der Waals surface area contributed by atoms with Crippen molar-refractivity contribution in [3.63, 3.8) is 0 Å². The van der Waals surface area contributed by atoms with Crippen LogP contribution in [0.1, 0.15) is 5.56 Å². The Morgan fingerprint density at radius 2 is 2.12 bits per heavy atom. The number of rotatable bonds is 4. The van der Waals surface area contributed by atoms with Gasteiger partial charge in [0.15, 0.2) is 0 Å². The number of nitrogen functional groups attached to an aromatic ring is 1. The van der Waals surface area contributed by atoms with Gasteiger partial charge in [-0.1, -0.05) is 38.4 Å². The monoisotopic (exact) mass is 382 g/mol. The lowest BCUT2D eigenvalue weighted by atomic mass is 10.2. The lowest BCUT2D eigenvalue weighted by molar-refractivity contribution is 0.585. The molecule has 17 heavy (non-hydrogen) atoms. The summed E-state index contributed by atoms with van der Waals surface area (Å²) < 4.78 is 27.6. The molecule has 1 rings (SSSR count). The molecule has 0 amide bonds. The third-order valence-electron chi connectivity index (χ3n) is 2.11. The van der Waals surface area contributed by atoms with Crippen LogP contribution in [-0.2, 0) is 10.0 Å². The van der Waals surface area contributed by atoms with Crippen LogP contribution in [0.25, 0.3) is 0 Å². The zero-order valence-corrected chi connectivity index (χ0v) is 13.1. The van der Waals surface area contributed by atoms with Gasteiger partial charge >= 0.3 is 0 Å². The Morgan fingerprint density at radius 1 is 1.53 bits per heavy atom. The molecule has 0 fully saturated rings. The molecule has 94 valence electrons. The van der Waals surface area contributed by atoms with E-state index in [1.807, 2.05) is 0 Å². The fraction of sp³-hybridized carbons (Fsp3) is 0.200. The number of hydrogen-bond acceptors (Lipinski definition) is 3. The van der Waals surface area contributed by atoms with E-state index in [2.05, 4.69) is 43.2 Å². The smallest absolute Gasteiger partial charge is 0.241 e. The molecular weight excluding hydrogens is 372 g/mol. The maximum Gasteiger partial charge on any atom is 0.241 e. The van der Waals surface area contributed by atoms with E-state index in [-0.39, 0.29) is 11.4 Å². The molecule has 0 aliphatic carbocycles. The molecule has 1 aromatic carbocycles. The summed E-state index contributed by atoms with van der Waals surface area (Å²) in [5.74, 6) is 0. The van der Waals surface area contributed by atoms with Gasteiger partial charge in [-0.2, -0.15) is 0 Å². The fourth-order valence-electron chi connectivity index (χ4n) is 1.20. The first-order chi connectivity index (χ1) is 7.74. The highest BCUT2D eigenvalue weighted by Crippen LogP contribution is 2.26. The van der Waals surface area contributed by atoms with E-state index in [0.29, 0.717) is 20.2 Å². The van der Waals surface area contributed by atoms with Crippen molar-refractivity contribution < 1.29 is 8.42 Å². The standard InChI is InChI=1S/C10H12Br2N2O2S/c1-6(11)5-14-17(15,16)10-4-8(12)3-9(13)7(10)2/h3-4,14H,1,5,13H2,2H3. The second-order valence-electron chi connectivity index (χ2n) is 3.46. The number of nitrogens with one attached hydrogen (secondary N) is 1. The Kier molecular flexibility index (Phi) is 4.77. The van der Waals surface area contributed by atoms with Gasteiger partial charge in [-0.05, 0) is 24.6 Å². The number of anilines is 1. The molecule has 0 atom stereocenters. The van der Waals surface area contributed by atoms with Crippen LogP contribution in [0.2, 0.25) is 0 Å². The Balaban J connectivity index is 3.19. The van der Waals surface area contributed by atoms with Crippen molar-refractivity contribution in [2.75, 3.05) is 12.3 Å². The minimum atomic E-state index is -3.58. The molecule has 0 aliphatic heterocycles. The molecular formula is C10H12Br2N2O2S. The van der Waals surface area contributed by atoms with Crippen molar-refractivity contribution in [1.29, 1.82) is 0 Å². The molecule has 4 nitrogen and oxygen atoms in total. The fourth-order valence-corrected chi connectivity index (χ4v) is 3.48. The van der Waals surface area contributed by atoms with Gasteiger partial charge in [-0.3, -0.25) is 0 Å². The topological polar surface area (TPSA) is 72.2 Å². The first-order valence-corrected chi connectivity index (χ1v) is 7.69. The maximum atomic E-state index is 12.0. The van der Waals surface area contributed by atoms with Crippen LogP contribution in [0, 0.1) is 6.92 Å². The Labute approximate surface area is 118 Å². The largest absolute Gasteiger partial charge is 0.398 e. The molecule has 1 aromatic rings. The SMILES string of the molecule is C=C(Br)CNS(=O)(=O)c1cc(Br)cc(N)c1C. The minimum absolute atomic E-state index is 0.133. The summed E-state index contributed by atoms with van der Waals surface area (Å²) in [7, 11) is -3.58. The highest BCUT2D eigenvalue weighted by atomic mass is 79.9. The van der Waals surface area contributed by atoms with Gasteiger partial charge in [-0.15, -0.1) is 0 Å². The minimum Gasteiger partial charge on any atom is -0.398 e. The second-order valence-corrected chi connectivity index (χ2v) is 7.23. The Morgan fingerprint density at radius 3 is 2.65 bits per heavy atom. The van der Waals surface area contributed by atoms with Crippen LogP contribution < -0.4 is 10.5 Å². The van der Waals surface area contributed by atoms with Crippen LogP contribution in [-0.4, -0.2) is 15.0 Å². The highest BCUT2D eigenvalue weighted by molar-refractivity contribution is 9.11. The van der Waals surface area contributed by atoms with E-state index < -0.39 is 10.0 Å². The molecule has 0 saturated carbocycles. The average molecular weight is 384 g/mol. The van der Waals surface area contributed by atoms with Gasteiger partial charge in [-0.25, -0.2) is 13.1 Å². The molecule has 0 bridgehead atoms. The first kappa shape index (κ1) is 14.7. The zero-order chi connectivity index (χ0) is 13.2. The van der Waals surface area contributed by atoms with E-state index in [9.17, 15) is 8.42 Å². The summed E-state index contributed by atoms with van der Waals surface area (Å²) in [5.41, 5.74) is 6.68. The van der Waals surface area contributed by atoms with Crippen molar-refractivity contribution in [1.82, 2.24) is 4.72 Å². The van der Waals surface area contributed by atoms with Gasteiger partial charge in [0.05, 0.1) is 4.90 Å². The summed E-state index contributed by atoms with van der Waals surface area (Å²) >= 11 is 6.31. The van der Waals surface area contributed by atoms with E-state index in [1.54, 1.807) is 13.0 Å². The molecule has 0 heterocycles. The lowest BCUT2D eigenvalue weighted by Crippen LogP contribution is -2.25. The average Bonchev–Trinajstić information content (AvgIpc) is 2.20. The van der Waals surface area contributed by atoms with Crippen LogP contribution in [0.4, 0.5) is 5.69 Å². The van der Waals surface area contributed by atoms with E-state index >= 15 is 0 Å². The van der Waals surface area contributed by atoms with Crippen LogP contribution in [0.3, 0.4) is 0 Å². The molecule has 0 radical (unpaired) electrons. The van der Waals surface area contributed by atoms with E-state index in [4.69, 9.17) is 5.73 Å². The molecule has 3 N–H and O–H groups in total. The maximum absolute atomic E-state index is 12.0. The summed E-state index contributed by atoms with van der Waals surface area (Å²) in [6.07, 6.45) is 0. The molecule has 0 spiro atoms. The molecule has 0 aliphatic rings. The van der Waals surface area contributed by atoms with Crippen molar-refractivity contribution in [3.05, 3.63) is 33.2 Å². The quantitative estimate of drug-likeness (QED) is 0.784. The van der Waals surface area contributed by atoms with Gasteiger partial charge in [0.2, 0.25) is 10.0 Å². The second kappa shape index (κ2) is 5.51. The van der Waals surface area contributed by atoms with E-state index in [0.717, 1.165) is 0 Å². The van der Waals surface area contributed by atoms with Crippen molar-refractivity contribution in [2.45, 2.75) is 11.8 Å². The lowest BCUT2D eigenvalue weighted by Gasteiger charge is -2.11. The predicted molar refractivity (Wildman–Crippen MR) is 76.5 cm³/mol. The zero-order valence-electron chi connectivity index (χ0n) is 9.13. The van der Waals surface area contributed by atoms with Gasteiger partial charge in [0.1, 0.15) is 0 Å². The van der Waals surface area contributed by atoms with E-state index in [1.165, 1.54) is 6.07 Å². The molecule has 7 heteroatoms. The normalized spacial score (nSPS) is 11.5. The van der Waals surface area contributed by atoms with Crippen molar-refractivity contribution in [3.8, 4) is 0 Å². The number of sulfonamides is 1. The van der Waals surface area contributed by atoms with Crippen molar-refractivity contribution in [2.24, 2.45) is 0 Å². The van der Waals surface area contributed by atoms with Gasteiger partial charge < -0.3 is 5.73 Å². The summed E-state index contributed by atoms with van der Waals surface area (Å²) in [4.78, 5) is 0.165. The Bertz CT molecular complexity index is 556. The third kappa shape index (κ3) is 3.80. The summed E-state index contributed by atoms with van der Waals surface area (Å²) in [6.45, 7) is 5.36. The van der Waals surface area contributed by atoms with Crippen LogP contribution in [0.5, 0.6) is 0 Å². The predicted octanol–water partition coefficient (Wildman–Crippen LogP) is 2.53. The molecule has 0 aromatic heterocycles. The van der Waals surface area contributed by atoms with Gasteiger partial charge in [0, 0.05) is 21.2 Å². The summed E-state index contributed by atoms with van der Waals surface area (Å²) in [6, 6.07) is 3.18. The number of benzene rings is 1. The number of hydrogen-bond donors (Lipinski definition) is 2. The highest BCUT2D eigenvalue weighted by Gasteiger charge is 2.18. The third-order valence-corrected chi connectivity index (χ3v) is 4.37. The van der Waals surface area contributed by atoms with Crippen molar-refractivity contribution >= 4 is 47.6 Å². The Hall–Kier alpha value is -0.370. The molecule has 0 saturated heterocycles. The van der Waals surface area contributed by atoms with Crippen LogP contribution in [0.15, 0.2) is 32.6 Å². The molecule has 0 unspecified atom stereocenters. The first-order valence-electron chi connectivity index (χ1n) is 4.62. The number of halogens is 2.